The van der Waals surface area contributed by atoms with Crippen LogP contribution in [0.4, 0.5) is 0 Å². The quantitative estimate of drug-likeness (QED) is 0.802. The summed E-state index contributed by atoms with van der Waals surface area (Å²) in [5.41, 5.74) is 7.38. The molecule has 0 fully saturated rings. The molecule has 3 N–H and O–H groups in total. The van der Waals surface area contributed by atoms with Crippen molar-refractivity contribution >= 4 is 15.9 Å². The molecule has 12 heavy (non-hydrogen) atoms. The molecule has 1 aromatic heterocycles. The summed E-state index contributed by atoms with van der Waals surface area (Å²) in [5, 5.41) is 8.77. The number of aryl methyl sites for hydroxylation is 1. The van der Waals surface area contributed by atoms with Gasteiger partial charge in [0.25, 0.3) is 0 Å². The van der Waals surface area contributed by atoms with Crippen LogP contribution in [0, 0.1) is 6.92 Å². The zero-order valence-corrected chi connectivity index (χ0v) is 8.37. The lowest BCUT2D eigenvalue weighted by Gasteiger charge is -2.08. The van der Waals surface area contributed by atoms with E-state index in [-0.39, 0.29) is 12.6 Å². The Balaban J connectivity index is 2.96. The predicted molar refractivity (Wildman–Crippen MR) is 50.7 cm³/mol. The lowest BCUT2D eigenvalue weighted by molar-refractivity contribution is 0.266. The number of aliphatic hydroxyl groups excluding tert-OH is 1. The molecule has 0 aromatic carbocycles. The number of nitrogens with two attached hydrogens (primary N) is 1. The molecule has 0 amide bonds. The fourth-order valence-electron chi connectivity index (χ4n) is 0.857. The van der Waals surface area contributed by atoms with Crippen molar-refractivity contribution in [1.82, 2.24) is 4.98 Å². The van der Waals surface area contributed by atoms with Gasteiger partial charge in [-0.05, 0) is 34.5 Å². The summed E-state index contributed by atoms with van der Waals surface area (Å²) in [6.07, 6.45) is 1.69. The van der Waals surface area contributed by atoms with Crippen LogP contribution in [0.1, 0.15) is 17.3 Å². The van der Waals surface area contributed by atoms with E-state index in [1.54, 1.807) is 6.20 Å². The predicted octanol–water partition coefficient (Wildman–Crippen LogP) is 1.14. The van der Waals surface area contributed by atoms with Crippen molar-refractivity contribution in [3.63, 3.8) is 0 Å². The van der Waals surface area contributed by atoms with Gasteiger partial charge in [0.15, 0.2) is 0 Å². The van der Waals surface area contributed by atoms with E-state index in [9.17, 15) is 0 Å². The van der Waals surface area contributed by atoms with Crippen LogP contribution in [0.2, 0.25) is 0 Å². The molecular formula is C8H11BrN2O. The third kappa shape index (κ3) is 2.03. The van der Waals surface area contributed by atoms with E-state index in [1.165, 1.54) is 0 Å². The van der Waals surface area contributed by atoms with Crippen LogP contribution < -0.4 is 5.73 Å². The Kier molecular flexibility index (Phi) is 3.20. The SMILES string of the molecule is Cc1cc([C@@H](N)CO)ncc1Br. The van der Waals surface area contributed by atoms with Crippen molar-refractivity contribution in [2.24, 2.45) is 5.73 Å². The molecule has 0 aliphatic carbocycles. The van der Waals surface area contributed by atoms with Crippen molar-refractivity contribution < 1.29 is 5.11 Å². The number of rotatable bonds is 2. The Bertz CT molecular complexity index is 278. The Morgan fingerprint density at radius 2 is 2.42 bits per heavy atom. The highest BCUT2D eigenvalue weighted by molar-refractivity contribution is 9.10. The number of pyridine rings is 1. The average Bonchev–Trinajstić information content (AvgIpc) is 2.08. The van der Waals surface area contributed by atoms with E-state index in [4.69, 9.17) is 10.8 Å². The van der Waals surface area contributed by atoms with Crippen LogP contribution >= 0.6 is 15.9 Å². The van der Waals surface area contributed by atoms with Gasteiger partial charge in [-0.15, -0.1) is 0 Å². The smallest absolute Gasteiger partial charge is 0.0705 e. The van der Waals surface area contributed by atoms with Gasteiger partial charge in [0.05, 0.1) is 18.3 Å². The summed E-state index contributed by atoms with van der Waals surface area (Å²) in [6, 6.07) is 1.49. The maximum atomic E-state index is 8.77. The van der Waals surface area contributed by atoms with Crippen molar-refractivity contribution in [2.75, 3.05) is 6.61 Å². The van der Waals surface area contributed by atoms with Gasteiger partial charge in [-0.25, -0.2) is 0 Å². The second kappa shape index (κ2) is 3.98. The monoisotopic (exact) mass is 230 g/mol. The highest BCUT2D eigenvalue weighted by Gasteiger charge is 2.06. The first-order valence-electron chi connectivity index (χ1n) is 3.63. The average molecular weight is 231 g/mol. The molecule has 0 saturated carbocycles. The number of hydrogen-bond donors (Lipinski definition) is 2. The number of aliphatic hydroxyl groups is 1. The molecule has 0 aliphatic rings. The van der Waals surface area contributed by atoms with Crippen LogP contribution in [0.3, 0.4) is 0 Å². The number of hydrogen-bond acceptors (Lipinski definition) is 3. The van der Waals surface area contributed by atoms with Gasteiger partial charge in [-0.1, -0.05) is 0 Å². The number of halogens is 1. The summed E-state index contributed by atoms with van der Waals surface area (Å²) < 4.78 is 0.955. The van der Waals surface area contributed by atoms with E-state index in [1.807, 2.05) is 13.0 Å². The standard InChI is InChI=1S/C8H11BrN2O/c1-5-2-8(7(10)4-12)11-3-6(5)9/h2-3,7,12H,4,10H2,1H3/t7-/m0/s1. The van der Waals surface area contributed by atoms with E-state index in [0.29, 0.717) is 0 Å². The maximum absolute atomic E-state index is 8.77. The molecule has 0 unspecified atom stereocenters. The van der Waals surface area contributed by atoms with E-state index >= 15 is 0 Å². The Labute approximate surface area is 79.7 Å². The molecule has 1 heterocycles. The molecule has 0 aliphatic heterocycles. The molecule has 66 valence electrons. The summed E-state index contributed by atoms with van der Waals surface area (Å²) >= 11 is 3.33. The first-order valence-corrected chi connectivity index (χ1v) is 4.43. The van der Waals surface area contributed by atoms with Crippen molar-refractivity contribution in [1.29, 1.82) is 0 Å². The number of aromatic nitrogens is 1. The maximum Gasteiger partial charge on any atom is 0.0705 e. The molecule has 3 nitrogen and oxygen atoms in total. The Morgan fingerprint density at radius 1 is 1.75 bits per heavy atom. The highest BCUT2D eigenvalue weighted by Crippen LogP contribution is 2.17. The van der Waals surface area contributed by atoms with Gasteiger partial charge >= 0.3 is 0 Å². The van der Waals surface area contributed by atoms with E-state index < -0.39 is 0 Å². The van der Waals surface area contributed by atoms with Gasteiger partial charge in [0.1, 0.15) is 0 Å². The second-order valence-corrected chi connectivity index (χ2v) is 3.50. The summed E-state index contributed by atoms with van der Waals surface area (Å²) in [7, 11) is 0. The molecule has 0 radical (unpaired) electrons. The first-order chi connectivity index (χ1) is 5.65. The molecule has 0 spiro atoms. The van der Waals surface area contributed by atoms with Crippen LogP contribution in [0.15, 0.2) is 16.7 Å². The summed E-state index contributed by atoms with van der Waals surface area (Å²) in [4.78, 5) is 4.08. The second-order valence-electron chi connectivity index (χ2n) is 2.65. The summed E-state index contributed by atoms with van der Waals surface area (Å²) in [5.74, 6) is 0. The molecule has 4 heteroatoms. The Morgan fingerprint density at radius 3 is 2.92 bits per heavy atom. The molecule has 1 atom stereocenters. The van der Waals surface area contributed by atoms with Gasteiger partial charge in [0, 0.05) is 10.7 Å². The van der Waals surface area contributed by atoms with Crippen molar-refractivity contribution in [3.8, 4) is 0 Å². The highest BCUT2D eigenvalue weighted by atomic mass is 79.9. The van der Waals surface area contributed by atoms with Crippen LogP contribution in [-0.2, 0) is 0 Å². The Hall–Kier alpha value is -0.450. The van der Waals surface area contributed by atoms with Gasteiger partial charge in [-0.2, -0.15) is 0 Å². The zero-order chi connectivity index (χ0) is 9.14. The van der Waals surface area contributed by atoms with Gasteiger partial charge in [-0.3, -0.25) is 4.98 Å². The van der Waals surface area contributed by atoms with Crippen LogP contribution in [0.25, 0.3) is 0 Å². The van der Waals surface area contributed by atoms with Crippen molar-refractivity contribution in [3.05, 3.63) is 28.0 Å². The number of nitrogens with zero attached hydrogens (tertiary/aromatic N) is 1. The van der Waals surface area contributed by atoms with Crippen LogP contribution in [0.5, 0.6) is 0 Å². The largest absolute Gasteiger partial charge is 0.394 e. The van der Waals surface area contributed by atoms with Crippen LogP contribution in [-0.4, -0.2) is 16.7 Å². The third-order valence-corrected chi connectivity index (χ3v) is 2.47. The normalized spacial score (nSPS) is 13.0. The third-order valence-electron chi connectivity index (χ3n) is 1.64. The molecule has 1 aromatic rings. The van der Waals surface area contributed by atoms with E-state index in [0.717, 1.165) is 15.7 Å². The van der Waals surface area contributed by atoms with Crippen molar-refractivity contribution in [2.45, 2.75) is 13.0 Å². The fourth-order valence-corrected chi connectivity index (χ4v) is 1.07. The lowest BCUT2D eigenvalue weighted by Crippen LogP contribution is -2.16. The molecule has 0 saturated heterocycles. The van der Waals surface area contributed by atoms with Gasteiger partial charge in [0.2, 0.25) is 0 Å². The molecule has 0 bridgehead atoms. The van der Waals surface area contributed by atoms with Gasteiger partial charge < -0.3 is 10.8 Å². The topological polar surface area (TPSA) is 59.1 Å². The minimum atomic E-state index is -0.378. The zero-order valence-electron chi connectivity index (χ0n) is 6.79. The van der Waals surface area contributed by atoms with E-state index in [2.05, 4.69) is 20.9 Å². The summed E-state index contributed by atoms with van der Waals surface area (Å²) in [6.45, 7) is 1.88. The minimum absolute atomic E-state index is 0.0753. The molecule has 1 rings (SSSR count). The lowest BCUT2D eigenvalue weighted by atomic mass is 10.1. The first kappa shape index (κ1) is 9.64. The molecular weight excluding hydrogens is 220 g/mol. The minimum Gasteiger partial charge on any atom is -0.394 e. The fraction of sp³-hybridized carbons (Fsp3) is 0.375.